The number of halogens is 4. The number of hydrogen-bond donors (Lipinski definition) is 1. The number of aromatic amines is 2. The molecule has 0 bridgehead atoms. The molecule has 1 rings (SSSR count). The third-order valence-electron chi connectivity index (χ3n) is 1.77. The zero-order chi connectivity index (χ0) is 14.9. The summed E-state index contributed by atoms with van der Waals surface area (Å²) in [5.74, 6) is -0.317. The molecule has 0 aromatic carbocycles. The first-order valence-electron chi connectivity index (χ1n) is 5.44. The van der Waals surface area contributed by atoms with Crippen LogP contribution in [0.2, 0.25) is 0 Å². The van der Waals surface area contributed by atoms with E-state index in [1.54, 1.807) is 6.92 Å². The van der Waals surface area contributed by atoms with Crippen LogP contribution in [-0.2, 0) is 16.0 Å². The van der Waals surface area contributed by atoms with E-state index in [4.69, 9.17) is 4.74 Å². The average molecular weight is 282 g/mol. The van der Waals surface area contributed by atoms with Crippen molar-refractivity contribution in [2.24, 2.45) is 0 Å². The van der Waals surface area contributed by atoms with E-state index < -0.39 is 7.25 Å². The molecule has 0 aliphatic heterocycles. The Labute approximate surface area is 107 Å². The van der Waals surface area contributed by atoms with Gasteiger partial charge in [0.2, 0.25) is 0 Å². The number of esters is 1. The fourth-order valence-electron chi connectivity index (χ4n) is 1.01. The fourth-order valence-corrected chi connectivity index (χ4v) is 1.01. The maximum atomic E-state index is 11.0. The summed E-state index contributed by atoms with van der Waals surface area (Å²) >= 11 is 0. The van der Waals surface area contributed by atoms with Crippen LogP contribution in [0.4, 0.5) is 17.3 Å². The van der Waals surface area contributed by atoms with Gasteiger partial charge in [-0.15, -0.1) is 5.10 Å². The molecule has 1 aromatic heterocycles. The molecule has 108 valence electrons. The third-order valence-corrected chi connectivity index (χ3v) is 1.77. The summed E-state index contributed by atoms with van der Waals surface area (Å²) in [6.45, 7) is 5.57. The van der Waals surface area contributed by atoms with E-state index in [1.165, 1.54) is 0 Å². The van der Waals surface area contributed by atoms with E-state index in [1.807, 2.05) is 12.3 Å². The molecule has 19 heavy (non-hydrogen) atoms. The van der Waals surface area contributed by atoms with E-state index in [0.29, 0.717) is 12.2 Å². The van der Waals surface area contributed by atoms with Gasteiger partial charge in [0.25, 0.3) is 0 Å². The summed E-state index contributed by atoms with van der Waals surface area (Å²) < 4.78 is 43.9. The van der Waals surface area contributed by atoms with Crippen LogP contribution in [-0.4, -0.2) is 24.9 Å². The Morgan fingerprint density at radius 1 is 1.47 bits per heavy atom. The van der Waals surface area contributed by atoms with Gasteiger partial charge >= 0.3 is 13.2 Å². The van der Waals surface area contributed by atoms with Gasteiger partial charge in [-0.2, -0.15) is 5.10 Å². The lowest BCUT2D eigenvalue weighted by molar-refractivity contribution is -0.449. The van der Waals surface area contributed by atoms with Crippen LogP contribution in [0.1, 0.15) is 19.0 Å². The molecule has 0 fully saturated rings. The van der Waals surface area contributed by atoms with E-state index in [2.05, 4.69) is 16.8 Å². The first kappa shape index (κ1) is 17.2. The zero-order valence-corrected chi connectivity index (χ0v) is 10.4. The lowest BCUT2D eigenvalue weighted by Crippen LogP contribution is -2.07. The van der Waals surface area contributed by atoms with Gasteiger partial charge in [-0.25, -0.2) is 4.79 Å². The van der Waals surface area contributed by atoms with Gasteiger partial charge in [-0.05, 0) is 19.8 Å². The van der Waals surface area contributed by atoms with Crippen molar-refractivity contribution in [2.45, 2.75) is 19.8 Å². The molecule has 1 aromatic rings. The van der Waals surface area contributed by atoms with E-state index in [-0.39, 0.29) is 5.97 Å². The number of nitrogens with one attached hydrogen (secondary N) is 2. The molecule has 0 spiro atoms. The molecule has 0 aliphatic carbocycles. The van der Waals surface area contributed by atoms with Gasteiger partial charge in [0.1, 0.15) is 0 Å². The van der Waals surface area contributed by atoms with Crippen LogP contribution < -0.4 is 5.10 Å². The third kappa shape index (κ3) is 12.5. The van der Waals surface area contributed by atoms with Crippen molar-refractivity contribution in [3.63, 3.8) is 0 Å². The van der Waals surface area contributed by atoms with Crippen molar-refractivity contribution in [1.82, 2.24) is 5.10 Å². The van der Waals surface area contributed by atoms with E-state index in [9.17, 15) is 22.1 Å². The molecular weight excluding hydrogens is 267 g/mol. The number of hydrogen-bond acceptors (Lipinski definition) is 2. The Bertz CT molecular complexity index is 387. The lowest BCUT2D eigenvalue weighted by atomic mass is 10.2. The number of carbonyl (C=O) groups is 1. The second-order valence-electron chi connectivity index (χ2n) is 3.64. The molecule has 0 amide bonds. The topological polar surface area (TPSA) is 56.2 Å². The van der Waals surface area contributed by atoms with Gasteiger partial charge in [0.15, 0.2) is 6.20 Å². The summed E-state index contributed by atoms with van der Waals surface area (Å²) in [5.41, 5.74) is 1.55. The van der Waals surface area contributed by atoms with Crippen molar-refractivity contribution in [3.05, 3.63) is 30.1 Å². The smallest absolute Gasteiger partial charge is 0.462 e. The second kappa shape index (κ2) is 8.33. The zero-order valence-electron chi connectivity index (χ0n) is 10.4. The Morgan fingerprint density at radius 3 is 2.47 bits per heavy atom. The Balaban J connectivity index is 0.000000555. The van der Waals surface area contributed by atoms with Crippen molar-refractivity contribution in [1.29, 1.82) is 0 Å². The minimum atomic E-state index is -6.00. The number of aryl methyl sites for hydroxylation is 1. The normalized spacial score (nSPS) is 10.4. The summed E-state index contributed by atoms with van der Waals surface area (Å²) in [6, 6.07) is 1.96. The summed E-state index contributed by atoms with van der Waals surface area (Å²) in [5, 5.41) is 5.82. The number of carbonyl (C=O) groups excluding carboxylic acids is 1. The van der Waals surface area contributed by atoms with Crippen molar-refractivity contribution in [3.8, 4) is 0 Å². The van der Waals surface area contributed by atoms with E-state index in [0.717, 1.165) is 18.5 Å². The van der Waals surface area contributed by atoms with Gasteiger partial charge in [-0.1, -0.05) is 6.58 Å². The molecule has 0 aliphatic rings. The van der Waals surface area contributed by atoms with Crippen LogP contribution in [0.3, 0.4) is 0 Å². The highest BCUT2D eigenvalue weighted by Gasteiger charge is 2.20. The van der Waals surface area contributed by atoms with E-state index >= 15 is 0 Å². The lowest BCUT2D eigenvalue weighted by Gasteiger charge is -2.02. The molecule has 4 nitrogen and oxygen atoms in total. The maximum absolute atomic E-state index is 11.0. The van der Waals surface area contributed by atoms with Gasteiger partial charge in [-0.3, -0.25) is 0 Å². The molecule has 0 saturated heterocycles. The van der Waals surface area contributed by atoms with Crippen LogP contribution in [0.5, 0.6) is 0 Å². The highest BCUT2D eigenvalue weighted by Crippen LogP contribution is 2.06. The predicted octanol–water partition coefficient (Wildman–Crippen LogP) is 2.18. The molecule has 1 heterocycles. The number of aromatic nitrogens is 2. The SMILES string of the molecule is C=C(C)C(=O)OCCCc1cc[nH+][nH]1.F[B-](F)(F)F. The summed E-state index contributed by atoms with van der Waals surface area (Å²) in [7, 11) is -6.00. The highest BCUT2D eigenvalue weighted by atomic mass is 19.5. The molecular formula is C10H15BF4N2O2. The molecule has 0 radical (unpaired) electrons. The Morgan fingerprint density at radius 2 is 2.05 bits per heavy atom. The monoisotopic (exact) mass is 282 g/mol. The molecule has 0 unspecified atom stereocenters. The van der Waals surface area contributed by atoms with Gasteiger partial charge in [0, 0.05) is 11.6 Å². The highest BCUT2D eigenvalue weighted by molar-refractivity contribution is 6.50. The molecule has 0 atom stereocenters. The molecule has 0 saturated carbocycles. The first-order chi connectivity index (χ1) is 8.70. The van der Waals surface area contributed by atoms with Crippen LogP contribution in [0.15, 0.2) is 24.4 Å². The summed E-state index contributed by atoms with van der Waals surface area (Å²) in [6.07, 6.45) is 3.51. The average Bonchev–Trinajstić information content (AvgIpc) is 2.74. The first-order valence-corrected chi connectivity index (χ1v) is 5.44. The number of H-pyrrole nitrogens is 2. The van der Waals surface area contributed by atoms with Gasteiger partial charge in [0.05, 0.1) is 12.3 Å². The van der Waals surface area contributed by atoms with Crippen molar-refractivity contribution >= 4 is 13.2 Å². The van der Waals surface area contributed by atoms with Gasteiger partial charge < -0.3 is 22.0 Å². The van der Waals surface area contributed by atoms with Crippen LogP contribution in [0.25, 0.3) is 0 Å². The summed E-state index contributed by atoms with van der Waals surface area (Å²) in [4.78, 5) is 11.0. The second-order valence-corrected chi connectivity index (χ2v) is 3.64. The fraction of sp³-hybridized carbons (Fsp3) is 0.400. The van der Waals surface area contributed by atoms with Crippen molar-refractivity contribution < 1.29 is 31.9 Å². The largest absolute Gasteiger partial charge is 0.673 e. The quantitative estimate of drug-likeness (QED) is 0.296. The Kier molecular flexibility index (Phi) is 7.54. The predicted molar refractivity (Wildman–Crippen MR) is 61.6 cm³/mol. The molecule has 2 N–H and O–H groups in total. The van der Waals surface area contributed by atoms with Crippen molar-refractivity contribution in [2.75, 3.05) is 6.61 Å². The van der Waals surface area contributed by atoms with Crippen LogP contribution >= 0.6 is 0 Å². The number of rotatable bonds is 5. The molecule has 9 heteroatoms. The minimum Gasteiger partial charge on any atom is -0.462 e. The standard InChI is InChI=1S/C10H14N2O2.BF4/c1-8(2)10(13)14-7-3-4-9-5-6-11-12-9;2-1(3,4)5/h5-6H,1,3-4,7H2,2H3,(H,11,12);/q;-1/p+1. The maximum Gasteiger partial charge on any atom is 0.673 e. The van der Waals surface area contributed by atoms with Crippen LogP contribution in [0, 0.1) is 0 Å². The number of ether oxygens (including phenoxy) is 1. The minimum absolute atomic E-state index is 0.317. The Hall–Kier alpha value is -1.80.